The van der Waals surface area contributed by atoms with Crippen LogP contribution in [0.25, 0.3) is 22.5 Å². The van der Waals surface area contributed by atoms with Crippen molar-refractivity contribution in [1.82, 2.24) is 39.5 Å². The van der Waals surface area contributed by atoms with Crippen LogP contribution >= 0.6 is 11.8 Å². The molecule has 13 heteroatoms. The van der Waals surface area contributed by atoms with Crippen LogP contribution < -0.4 is 5.32 Å². The molecule has 4 aromatic heterocycles. The summed E-state index contributed by atoms with van der Waals surface area (Å²) in [6, 6.07) is 6.04. The molecule has 206 valence electrons. The minimum atomic E-state index is -0.641. The predicted octanol–water partition coefficient (Wildman–Crippen LogP) is 4.77. The summed E-state index contributed by atoms with van der Waals surface area (Å²) in [5, 5.41) is 26.4. The highest BCUT2D eigenvalue weighted by Gasteiger charge is 2.21. The largest absolute Gasteiger partial charge is 0.444 e. The van der Waals surface area contributed by atoms with E-state index >= 15 is 0 Å². The average molecular weight is 559 g/mol. The first kappa shape index (κ1) is 27.3. The molecule has 0 unspecified atom stereocenters. The normalized spacial score (nSPS) is 13.3. The molecule has 0 radical (unpaired) electrons. The number of aromatic nitrogens is 8. The number of rotatable bonds is 6. The Labute approximate surface area is 236 Å². The molecule has 5 rings (SSSR count). The first-order valence-electron chi connectivity index (χ1n) is 13.0. The van der Waals surface area contributed by atoms with E-state index in [-0.39, 0.29) is 5.95 Å². The van der Waals surface area contributed by atoms with E-state index in [2.05, 4.69) is 41.2 Å². The molecule has 1 N–H and O–H groups in total. The molecule has 12 nitrogen and oxygen atoms in total. The van der Waals surface area contributed by atoms with Gasteiger partial charge in [-0.3, -0.25) is 10.00 Å². The van der Waals surface area contributed by atoms with Gasteiger partial charge >= 0.3 is 6.09 Å². The molecule has 5 heterocycles. The summed E-state index contributed by atoms with van der Waals surface area (Å²) in [7, 11) is 1.83. The Morgan fingerprint density at radius 2 is 2.00 bits per heavy atom. The number of pyridine rings is 1. The molecule has 1 aliphatic heterocycles. The topological polar surface area (TPSA) is 149 Å². The number of amides is 1. The fraction of sp³-hybridized carbons (Fsp3) is 0.407. The van der Waals surface area contributed by atoms with Gasteiger partial charge in [-0.2, -0.15) is 10.4 Å². The monoisotopic (exact) mass is 558 g/mol. The molecular weight excluding hydrogens is 528 g/mol. The summed E-state index contributed by atoms with van der Waals surface area (Å²) < 4.78 is 9.19. The molecule has 4 aromatic rings. The highest BCUT2D eigenvalue weighted by atomic mass is 32.2. The molecule has 40 heavy (non-hydrogen) atoms. The van der Waals surface area contributed by atoms with Gasteiger partial charge in [0.25, 0.3) is 0 Å². The average Bonchev–Trinajstić information content (AvgIpc) is 3.43. The van der Waals surface area contributed by atoms with Crippen LogP contribution in [-0.2, 0) is 30.5 Å². The van der Waals surface area contributed by atoms with Gasteiger partial charge in [0.2, 0.25) is 5.95 Å². The van der Waals surface area contributed by atoms with Crippen LogP contribution in [0.3, 0.4) is 0 Å². The summed E-state index contributed by atoms with van der Waals surface area (Å²) in [6.45, 7) is 6.24. The summed E-state index contributed by atoms with van der Waals surface area (Å²) >= 11 is 1.45. The Morgan fingerprint density at radius 3 is 2.70 bits per heavy atom. The lowest BCUT2D eigenvalue weighted by Gasteiger charge is -2.19. The van der Waals surface area contributed by atoms with Crippen molar-refractivity contribution in [2.75, 3.05) is 5.32 Å². The van der Waals surface area contributed by atoms with Gasteiger partial charge in [0.05, 0.1) is 22.7 Å². The van der Waals surface area contributed by atoms with Crippen LogP contribution in [-0.4, -0.2) is 51.2 Å². The van der Waals surface area contributed by atoms with E-state index in [1.807, 2.05) is 19.2 Å². The van der Waals surface area contributed by atoms with Crippen molar-refractivity contribution < 1.29 is 9.53 Å². The van der Waals surface area contributed by atoms with Crippen molar-refractivity contribution in [3.63, 3.8) is 0 Å². The van der Waals surface area contributed by atoms with E-state index in [0.717, 1.165) is 43.1 Å². The van der Waals surface area contributed by atoms with Crippen LogP contribution in [0.15, 0.2) is 35.7 Å². The maximum absolute atomic E-state index is 12.1. The molecule has 0 fully saturated rings. The number of anilines is 1. The van der Waals surface area contributed by atoms with E-state index in [0.29, 0.717) is 33.2 Å². The summed E-state index contributed by atoms with van der Waals surface area (Å²) in [5.41, 5.74) is 2.51. The second-order valence-corrected chi connectivity index (χ2v) is 11.4. The minimum absolute atomic E-state index is 0.112. The van der Waals surface area contributed by atoms with Gasteiger partial charge in [0, 0.05) is 49.7 Å². The van der Waals surface area contributed by atoms with Crippen molar-refractivity contribution in [3.05, 3.63) is 47.9 Å². The maximum Gasteiger partial charge on any atom is 0.414 e. The second-order valence-electron chi connectivity index (χ2n) is 10.4. The Bertz CT molecular complexity index is 1560. The van der Waals surface area contributed by atoms with E-state index in [9.17, 15) is 10.1 Å². The number of carbonyl (C=O) groups excluding carboxylic acids is 1. The third kappa shape index (κ3) is 6.12. The number of fused-ring (bicyclic) bond motifs is 1. The van der Waals surface area contributed by atoms with Gasteiger partial charge in [-0.25, -0.2) is 19.7 Å². The molecule has 0 saturated carbocycles. The highest BCUT2D eigenvalue weighted by molar-refractivity contribution is 7.98. The lowest BCUT2D eigenvalue weighted by molar-refractivity contribution is 0.0634. The third-order valence-corrected chi connectivity index (χ3v) is 7.25. The van der Waals surface area contributed by atoms with Gasteiger partial charge in [-0.15, -0.1) is 10.2 Å². The summed E-state index contributed by atoms with van der Waals surface area (Å²) in [4.78, 5) is 25.5. The van der Waals surface area contributed by atoms with Crippen LogP contribution in [0.5, 0.6) is 0 Å². The van der Waals surface area contributed by atoms with Crippen molar-refractivity contribution in [2.24, 2.45) is 7.05 Å². The standard InChI is InChI=1S/C27H30N10O2S/c1-27(2,3)39-26(38)33-25-29-14-17(15-30-25)20-12-18(21-9-10-31-36(21)4)19(13-28)24(32-20)40-16-23-35-34-22-8-6-5-7-11-37(22)23/h9-10,12,14-15H,5-8,11,16H2,1-4H3,(H,29,30,33,38). The third-order valence-electron chi connectivity index (χ3n) is 6.28. The Morgan fingerprint density at radius 1 is 1.20 bits per heavy atom. The number of aryl methyl sites for hydroxylation is 2. The molecule has 1 amide bonds. The van der Waals surface area contributed by atoms with E-state index in [1.165, 1.54) is 18.2 Å². The van der Waals surface area contributed by atoms with Crippen molar-refractivity contribution in [3.8, 4) is 28.6 Å². The molecule has 0 bridgehead atoms. The maximum atomic E-state index is 12.1. The molecule has 0 atom stereocenters. The van der Waals surface area contributed by atoms with Crippen LogP contribution in [0, 0.1) is 11.3 Å². The number of nitrogens with one attached hydrogen (secondary N) is 1. The van der Waals surface area contributed by atoms with E-state index < -0.39 is 11.7 Å². The van der Waals surface area contributed by atoms with Crippen molar-refractivity contribution in [1.29, 1.82) is 5.26 Å². The first-order valence-corrected chi connectivity index (χ1v) is 14.0. The lowest BCUT2D eigenvalue weighted by Crippen LogP contribution is -2.27. The summed E-state index contributed by atoms with van der Waals surface area (Å²) in [5.74, 6) is 2.53. The van der Waals surface area contributed by atoms with Crippen LogP contribution in [0.4, 0.5) is 10.7 Å². The fourth-order valence-corrected chi connectivity index (χ4v) is 5.37. The Balaban J connectivity index is 1.47. The van der Waals surface area contributed by atoms with Crippen molar-refractivity contribution >= 4 is 23.8 Å². The Kier molecular flexibility index (Phi) is 7.79. The zero-order chi connectivity index (χ0) is 28.3. The lowest BCUT2D eigenvalue weighted by atomic mass is 10.0. The predicted molar refractivity (Wildman–Crippen MR) is 149 cm³/mol. The number of nitrogens with zero attached hydrogens (tertiary/aromatic N) is 9. The zero-order valence-corrected chi connectivity index (χ0v) is 23.7. The fourth-order valence-electron chi connectivity index (χ4n) is 4.43. The van der Waals surface area contributed by atoms with Crippen LogP contribution in [0.2, 0.25) is 0 Å². The molecule has 0 saturated heterocycles. The van der Waals surface area contributed by atoms with Crippen molar-refractivity contribution in [2.45, 2.75) is 69.4 Å². The second kappa shape index (κ2) is 11.4. The molecule has 1 aliphatic rings. The number of carbonyl (C=O) groups is 1. The number of thioether (sulfide) groups is 1. The summed E-state index contributed by atoms with van der Waals surface area (Å²) in [6.07, 6.45) is 8.54. The molecule has 0 spiro atoms. The Hall–Kier alpha value is -4.31. The minimum Gasteiger partial charge on any atom is -0.444 e. The van der Waals surface area contributed by atoms with Gasteiger partial charge in [0.1, 0.15) is 28.3 Å². The number of nitriles is 1. The van der Waals surface area contributed by atoms with E-state index in [4.69, 9.17) is 9.72 Å². The molecule has 0 aromatic carbocycles. The van der Waals surface area contributed by atoms with Gasteiger partial charge in [-0.05, 0) is 45.7 Å². The van der Waals surface area contributed by atoms with Crippen LogP contribution in [0.1, 0.15) is 57.2 Å². The van der Waals surface area contributed by atoms with E-state index in [1.54, 1.807) is 44.0 Å². The number of hydrogen-bond acceptors (Lipinski definition) is 10. The first-order chi connectivity index (χ1) is 19.2. The zero-order valence-electron chi connectivity index (χ0n) is 22.9. The molecule has 0 aliphatic carbocycles. The van der Waals surface area contributed by atoms with Gasteiger partial charge in [-0.1, -0.05) is 18.2 Å². The van der Waals surface area contributed by atoms with Gasteiger partial charge in [0.15, 0.2) is 0 Å². The SMILES string of the molecule is Cn1nccc1-c1cc(-c2cnc(NC(=O)OC(C)(C)C)nc2)nc(SCc2nnc3n2CCCCC3)c1C#N. The molecular formula is C27H30N10O2S. The number of ether oxygens (including phenoxy) is 1. The smallest absolute Gasteiger partial charge is 0.414 e. The van der Waals surface area contributed by atoms with Gasteiger partial charge < -0.3 is 9.30 Å². The number of hydrogen-bond donors (Lipinski definition) is 1. The highest BCUT2D eigenvalue weighted by Crippen LogP contribution is 2.35. The quantitative estimate of drug-likeness (QED) is 0.328.